The highest BCUT2D eigenvalue weighted by molar-refractivity contribution is 6.42. The quantitative estimate of drug-likeness (QED) is 0.855. The summed E-state index contributed by atoms with van der Waals surface area (Å²) in [6.45, 7) is 0.926. The summed E-state index contributed by atoms with van der Waals surface area (Å²) in [7, 11) is 2.00. The minimum Gasteiger partial charge on any atom is -0.378 e. The van der Waals surface area contributed by atoms with Crippen LogP contribution < -0.4 is 5.32 Å². The molecular formula is C15H21Cl2NO. The molecule has 1 aliphatic heterocycles. The minimum atomic E-state index is 0.417. The summed E-state index contributed by atoms with van der Waals surface area (Å²) in [6, 6.07) is 6.25. The van der Waals surface area contributed by atoms with E-state index in [1.165, 1.54) is 12.8 Å². The Hall–Kier alpha value is -0.280. The van der Waals surface area contributed by atoms with E-state index in [-0.39, 0.29) is 0 Å². The Kier molecular flexibility index (Phi) is 5.96. The molecule has 0 amide bonds. The third-order valence-corrected chi connectivity index (χ3v) is 4.63. The highest BCUT2D eigenvalue weighted by Crippen LogP contribution is 2.27. The van der Waals surface area contributed by atoms with Gasteiger partial charge in [0.15, 0.2) is 0 Å². The van der Waals surface area contributed by atoms with Gasteiger partial charge in [0.2, 0.25) is 0 Å². The Balaban J connectivity index is 1.88. The number of hydrogen-bond acceptors (Lipinski definition) is 2. The molecule has 0 saturated carbocycles. The summed E-state index contributed by atoms with van der Waals surface area (Å²) in [6.07, 6.45) is 5.98. The van der Waals surface area contributed by atoms with Crippen LogP contribution in [-0.4, -0.2) is 25.8 Å². The van der Waals surface area contributed by atoms with Crippen LogP contribution in [0.2, 0.25) is 10.0 Å². The van der Waals surface area contributed by atoms with Gasteiger partial charge in [0.25, 0.3) is 0 Å². The zero-order valence-electron chi connectivity index (χ0n) is 11.3. The second-order valence-electron chi connectivity index (χ2n) is 5.12. The van der Waals surface area contributed by atoms with Crippen LogP contribution >= 0.6 is 23.2 Å². The van der Waals surface area contributed by atoms with Gasteiger partial charge in [0.1, 0.15) is 0 Å². The topological polar surface area (TPSA) is 21.3 Å². The Morgan fingerprint density at radius 3 is 2.95 bits per heavy atom. The van der Waals surface area contributed by atoms with E-state index in [1.807, 2.05) is 25.2 Å². The average Bonchev–Trinajstić information content (AvgIpc) is 2.92. The van der Waals surface area contributed by atoms with Crippen LogP contribution in [0, 0.1) is 0 Å². The standard InChI is InChI=1S/C15H21Cl2NO/c1-18-12(7-8-13-5-3-9-19-13)10-11-4-2-6-14(16)15(11)17/h2,4,6,12-13,18H,3,5,7-10H2,1H3. The molecule has 0 aromatic heterocycles. The second-order valence-corrected chi connectivity index (χ2v) is 5.90. The predicted octanol–water partition coefficient (Wildman–Crippen LogP) is 4.08. The van der Waals surface area contributed by atoms with Gasteiger partial charge < -0.3 is 10.1 Å². The molecule has 0 radical (unpaired) electrons. The number of ether oxygens (including phenoxy) is 1. The van der Waals surface area contributed by atoms with E-state index in [1.54, 1.807) is 0 Å². The van der Waals surface area contributed by atoms with Crippen LogP contribution in [0.5, 0.6) is 0 Å². The van der Waals surface area contributed by atoms with Crippen molar-refractivity contribution in [1.29, 1.82) is 0 Å². The number of benzene rings is 1. The Morgan fingerprint density at radius 1 is 1.42 bits per heavy atom. The van der Waals surface area contributed by atoms with Crippen molar-refractivity contribution in [3.63, 3.8) is 0 Å². The van der Waals surface area contributed by atoms with Gasteiger partial charge in [-0.2, -0.15) is 0 Å². The summed E-state index contributed by atoms with van der Waals surface area (Å²) in [5.41, 5.74) is 1.11. The first-order valence-corrected chi connectivity index (χ1v) is 7.68. The summed E-state index contributed by atoms with van der Waals surface area (Å²) in [4.78, 5) is 0. The molecule has 106 valence electrons. The third kappa shape index (κ3) is 4.35. The zero-order valence-corrected chi connectivity index (χ0v) is 12.8. The van der Waals surface area contributed by atoms with Gasteiger partial charge in [0.05, 0.1) is 16.1 Å². The number of hydrogen-bond donors (Lipinski definition) is 1. The van der Waals surface area contributed by atoms with E-state index < -0.39 is 0 Å². The van der Waals surface area contributed by atoms with E-state index in [0.717, 1.165) is 31.4 Å². The van der Waals surface area contributed by atoms with Gasteiger partial charge in [-0.1, -0.05) is 35.3 Å². The first kappa shape index (κ1) is 15.1. The molecule has 0 bridgehead atoms. The van der Waals surface area contributed by atoms with Crippen molar-refractivity contribution >= 4 is 23.2 Å². The van der Waals surface area contributed by atoms with Crippen molar-refractivity contribution in [2.24, 2.45) is 0 Å². The van der Waals surface area contributed by atoms with Crippen LogP contribution in [0.4, 0.5) is 0 Å². The third-order valence-electron chi connectivity index (χ3n) is 3.77. The predicted molar refractivity (Wildman–Crippen MR) is 81.2 cm³/mol. The lowest BCUT2D eigenvalue weighted by Crippen LogP contribution is -2.29. The first-order valence-electron chi connectivity index (χ1n) is 6.92. The van der Waals surface area contributed by atoms with E-state index >= 15 is 0 Å². The molecule has 1 N–H and O–H groups in total. The van der Waals surface area contributed by atoms with Crippen molar-refractivity contribution in [3.05, 3.63) is 33.8 Å². The fraction of sp³-hybridized carbons (Fsp3) is 0.600. The summed E-state index contributed by atoms with van der Waals surface area (Å²) in [5.74, 6) is 0. The number of rotatable bonds is 6. The molecule has 0 spiro atoms. The monoisotopic (exact) mass is 301 g/mol. The van der Waals surface area contributed by atoms with Crippen LogP contribution in [0.25, 0.3) is 0 Å². The van der Waals surface area contributed by atoms with Crippen molar-refractivity contribution in [2.45, 2.75) is 44.2 Å². The lowest BCUT2D eigenvalue weighted by atomic mass is 9.99. The van der Waals surface area contributed by atoms with Crippen LogP contribution in [0.1, 0.15) is 31.2 Å². The molecule has 1 heterocycles. The Bertz CT molecular complexity index is 405. The molecule has 2 atom stereocenters. The fourth-order valence-corrected chi connectivity index (χ4v) is 2.98. The van der Waals surface area contributed by atoms with E-state index in [0.29, 0.717) is 22.2 Å². The molecule has 0 aliphatic carbocycles. The maximum absolute atomic E-state index is 6.24. The number of likely N-dealkylation sites (N-methyl/N-ethyl adjacent to an activating group) is 1. The SMILES string of the molecule is CNC(CCC1CCCO1)Cc1cccc(Cl)c1Cl. The Labute approximate surface area is 125 Å². The summed E-state index contributed by atoms with van der Waals surface area (Å²) < 4.78 is 5.67. The largest absolute Gasteiger partial charge is 0.378 e. The van der Waals surface area contributed by atoms with Crippen LogP contribution in [0.15, 0.2) is 18.2 Å². The molecule has 2 nitrogen and oxygen atoms in total. The molecule has 2 rings (SSSR count). The highest BCUT2D eigenvalue weighted by atomic mass is 35.5. The maximum Gasteiger partial charge on any atom is 0.0624 e. The van der Waals surface area contributed by atoms with E-state index in [9.17, 15) is 0 Å². The van der Waals surface area contributed by atoms with Gasteiger partial charge in [-0.3, -0.25) is 0 Å². The zero-order chi connectivity index (χ0) is 13.7. The molecule has 1 aromatic rings. The first-order chi connectivity index (χ1) is 9.20. The minimum absolute atomic E-state index is 0.417. The molecular weight excluding hydrogens is 281 g/mol. The smallest absolute Gasteiger partial charge is 0.0624 e. The fourth-order valence-electron chi connectivity index (χ4n) is 2.58. The second kappa shape index (κ2) is 7.49. The van der Waals surface area contributed by atoms with Crippen LogP contribution in [0.3, 0.4) is 0 Å². The summed E-state index contributed by atoms with van der Waals surface area (Å²) >= 11 is 12.3. The molecule has 1 saturated heterocycles. The number of halogens is 2. The lowest BCUT2D eigenvalue weighted by Gasteiger charge is -2.19. The van der Waals surface area contributed by atoms with E-state index in [4.69, 9.17) is 27.9 Å². The van der Waals surface area contributed by atoms with Gasteiger partial charge >= 0.3 is 0 Å². The lowest BCUT2D eigenvalue weighted by molar-refractivity contribution is 0.0998. The molecule has 19 heavy (non-hydrogen) atoms. The number of nitrogens with one attached hydrogen (secondary N) is 1. The van der Waals surface area contributed by atoms with Gasteiger partial charge in [-0.15, -0.1) is 0 Å². The maximum atomic E-state index is 6.24. The van der Waals surface area contributed by atoms with Crippen molar-refractivity contribution in [2.75, 3.05) is 13.7 Å². The van der Waals surface area contributed by atoms with Crippen molar-refractivity contribution in [3.8, 4) is 0 Å². The van der Waals surface area contributed by atoms with Gasteiger partial charge in [-0.25, -0.2) is 0 Å². The molecule has 2 unspecified atom stereocenters. The van der Waals surface area contributed by atoms with Crippen LogP contribution in [-0.2, 0) is 11.2 Å². The van der Waals surface area contributed by atoms with Crippen molar-refractivity contribution < 1.29 is 4.74 Å². The molecule has 1 aliphatic rings. The molecule has 1 aromatic carbocycles. The van der Waals surface area contributed by atoms with E-state index in [2.05, 4.69) is 5.32 Å². The molecule has 4 heteroatoms. The highest BCUT2D eigenvalue weighted by Gasteiger charge is 2.18. The van der Waals surface area contributed by atoms with Gasteiger partial charge in [-0.05, 0) is 50.8 Å². The molecule has 1 fully saturated rings. The normalized spacial score (nSPS) is 20.7. The Morgan fingerprint density at radius 2 is 2.26 bits per heavy atom. The van der Waals surface area contributed by atoms with Gasteiger partial charge in [0, 0.05) is 12.6 Å². The van der Waals surface area contributed by atoms with Crippen molar-refractivity contribution in [1.82, 2.24) is 5.32 Å². The summed E-state index contributed by atoms with van der Waals surface area (Å²) in [5, 5.41) is 4.68. The average molecular weight is 302 g/mol.